The molecule has 0 radical (unpaired) electrons. The third-order valence-electron chi connectivity index (χ3n) is 3.87. The molecule has 0 aliphatic heterocycles. The molecule has 0 amide bonds. The van der Waals surface area contributed by atoms with Gasteiger partial charge in [-0.25, -0.2) is 4.39 Å². The van der Waals surface area contributed by atoms with E-state index in [1.807, 2.05) is 23.6 Å². The molecule has 0 bridgehead atoms. The zero-order chi connectivity index (χ0) is 18.6. The second kappa shape index (κ2) is 7.67. The van der Waals surface area contributed by atoms with Crippen LogP contribution in [0.5, 0.6) is 0 Å². The second-order valence-corrected chi connectivity index (χ2v) is 6.54. The highest BCUT2D eigenvalue weighted by Crippen LogP contribution is 2.26. The fraction of sp³-hybridized carbons (Fsp3) is 0.167. The highest BCUT2D eigenvalue weighted by atomic mass is 32.2. The van der Waals surface area contributed by atoms with Gasteiger partial charge in [0.15, 0.2) is 11.0 Å². The van der Waals surface area contributed by atoms with Crippen LogP contribution in [0.15, 0.2) is 58.5 Å². The Kier molecular flexibility index (Phi) is 4.93. The molecule has 4 aromatic rings. The molecule has 3 heterocycles. The molecule has 136 valence electrons. The Morgan fingerprint density at radius 2 is 1.81 bits per heavy atom. The lowest BCUT2D eigenvalue weighted by Gasteiger charge is -2.06. The monoisotopic (exact) mass is 382 g/mol. The first kappa shape index (κ1) is 17.3. The van der Waals surface area contributed by atoms with E-state index in [9.17, 15) is 4.39 Å². The van der Waals surface area contributed by atoms with E-state index in [2.05, 4.69) is 25.3 Å². The van der Waals surface area contributed by atoms with Gasteiger partial charge >= 0.3 is 0 Å². The van der Waals surface area contributed by atoms with E-state index in [0.29, 0.717) is 23.0 Å². The number of aromatic nitrogens is 6. The number of nitrogens with zero attached hydrogens (tertiary/aromatic N) is 6. The molecule has 0 N–H and O–H groups in total. The van der Waals surface area contributed by atoms with Crippen molar-refractivity contribution in [2.75, 3.05) is 0 Å². The summed E-state index contributed by atoms with van der Waals surface area (Å²) < 4.78 is 20.3. The minimum atomic E-state index is -0.304. The van der Waals surface area contributed by atoms with Crippen LogP contribution in [-0.2, 0) is 12.3 Å². The summed E-state index contributed by atoms with van der Waals surface area (Å²) in [7, 11) is 0. The van der Waals surface area contributed by atoms with Crippen molar-refractivity contribution < 1.29 is 8.91 Å². The van der Waals surface area contributed by atoms with Crippen molar-refractivity contribution in [1.29, 1.82) is 0 Å². The van der Waals surface area contributed by atoms with E-state index >= 15 is 0 Å². The summed E-state index contributed by atoms with van der Waals surface area (Å²) >= 11 is 1.47. The Hall–Kier alpha value is -3.07. The standard InChI is InChI=1S/C18H15FN6OS/c1-2-25-17(13-7-9-20-10-8-13)22-23-18(25)27-11-15-21-16(24-26-15)12-3-5-14(19)6-4-12/h3-10H,2,11H2,1H3. The summed E-state index contributed by atoms with van der Waals surface area (Å²) in [6.45, 7) is 2.77. The maximum absolute atomic E-state index is 13.0. The average Bonchev–Trinajstić information content (AvgIpc) is 3.34. The smallest absolute Gasteiger partial charge is 0.237 e. The molecule has 4 rings (SSSR count). The molecule has 0 saturated carbocycles. The molecule has 7 nitrogen and oxygen atoms in total. The lowest BCUT2D eigenvalue weighted by Crippen LogP contribution is -2.00. The van der Waals surface area contributed by atoms with Crippen LogP contribution in [0.1, 0.15) is 12.8 Å². The van der Waals surface area contributed by atoms with Crippen LogP contribution in [-0.4, -0.2) is 29.9 Å². The number of hydrogen-bond donors (Lipinski definition) is 0. The molecule has 9 heteroatoms. The molecule has 0 aliphatic carbocycles. The largest absolute Gasteiger partial charge is 0.338 e. The molecule has 27 heavy (non-hydrogen) atoms. The third-order valence-corrected chi connectivity index (χ3v) is 4.82. The Morgan fingerprint density at radius 1 is 1.04 bits per heavy atom. The van der Waals surface area contributed by atoms with Gasteiger partial charge in [0, 0.05) is 30.1 Å². The molecule has 3 aromatic heterocycles. The Labute approximate surface area is 158 Å². The number of halogens is 1. The molecule has 1 aromatic carbocycles. The average molecular weight is 382 g/mol. The lowest BCUT2D eigenvalue weighted by molar-refractivity contribution is 0.391. The van der Waals surface area contributed by atoms with Gasteiger partial charge in [-0.3, -0.25) is 4.98 Å². The molecular formula is C18H15FN6OS. The first-order valence-electron chi connectivity index (χ1n) is 8.29. The minimum absolute atomic E-state index is 0.304. The van der Waals surface area contributed by atoms with E-state index in [1.54, 1.807) is 24.5 Å². The summed E-state index contributed by atoms with van der Waals surface area (Å²) in [5.41, 5.74) is 1.66. The molecule has 0 spiro atoms. The molecule has 0 atom stereocenters. The van der Waals surface area contributed by atoms with Gasteiger partial charge < -0.3 is 9.09 Å². The third kappa shape index (κ3) is 3.72. The van der Waals surface area contributed by atoms with Crippen molar-refractivity contribution in [3.63, 3.8) is 0 Å². The van der Waals surface area contributed by atoms with Crippen LogP contribution in [0.3, 0.4) is 0 Å². The number of thioether (sulfide) groups is 1. The molecule has 0 aliphatic rings. The first-order chi connectivity index (χ1) is 13.2. The predicted molar refractivity (Wildman–Crippen MR) is 98.2 cm³/mol. The fourth-order valence-electron chi connectivity index (χ4n) is 2.55. The Bertz CT molecular complexity index is 1030. The van der Waals surface area contributed by atoms with Crippen molar-refractivity contribution >= 4 is 11.8 Å². The van der Waals surface area contributed by atoms with E-state index in [4.69, 9.17) is 4.52 Å². The van der Waals surface area contributed by atoms with E-state index in [1.165, 1.54) is 23.9 Å². The predicted octanol–water partition coefficient (Wildman–Crippen LogP) is 3.84. The van der Waals surface area contributed by atoms with Crippen molar-refractivity contribution in [2.45, 2.75) is 24.4 Å². The summed E-state index contributed by atoms with van der Waals surface area (Å²) in [6.07, 6.45) is 3.46. The summed E-state index contributed by atoms with van der Waals surface area (Å²) in [5.74, 6) is 1.85. The zero-order valence-corrected chi connectivity index (χ0v) is 15.2. The molecule has 0 fully saturated rings. The van der Waals surface area contributed by atoms with Gasteiger partial charge in [-0.1, -0.05) is 16.9 Å². The Balaban J connectivity index is 1.50. The minimum Gasteiger partial charge on any atom is -0.338 e. The van der Waals surface area contributed by atoms with E-state index in [-0.39, 0.29) is 5.82 Å². The number of rotatable bonds is 6. The first-order valence-corrected chi connectivity index (χ1v) is 9.28. The van der Waals surface area contributed by atoms with Gasteiger partial charge in [-0.15, -0.1) is 10.2 Å². The van der Waals surface area contributed by atoms with Gasteiger partial charge in [-0.05, 0) is 43.3 Å². The van der Waals surface area contributed by atoms with Crippen molar-refractivity contribution in [3.8, 4) is 22.8 Å². The van der Waals surface area contributed by atoms with Gasteiger partial charge in [-0.2, -0.15) is 4.98 Å². The highest BCUT2D eigenvalue weighted by Gasteiger charge is 2.15. The number of pyridine rings is 1. The van der Waals surface area contributed by atoms with Gasteiger partial charge in [0.2, 0.25) is 11.7 Å². The van der Waals surface area contributed by atoms with E-state index < -0.39 is 0 Å². The van der Waals surface area contributed by atoms with Crippen LogP contribution in [0.4, 0.5) is 4.39 Å². The van der Waals surface area contributed by atoms with Gasteiger partial charge in [0.25, 0.3) is 0 Å². The topological polar surface area (TPSA) is 82.5 Å². The number of benzene rings is 1. The van der Waals surface area contributed by atoms with E-state index in [0.717, 1.165) is 23.1 Å². The van der Waals surface area contributed by atoms with Crippen molar-refractivity contribution in [3.05, 3.63) is 60.5 Å². The fourth-order valence-corrected chi connectivity index (χ4v) is 3.39. The second-order valence-electron chi connectivity index (χ2n) is 5.59. The lowest BCUT2D eigenvalue weighted by atomic mass is 10.2. The van der Waals surface area contributed by atoms with Crippen LogP contribution in [0.25, 0.3) is 22.8 Å². The highest BCUT2D eigenvalue weighted by molar-refractivity contribution is 7.98. The normalized spacial score (nSPS) is 11.0. The van der Waals surface area contributed by atoms with Crippen molar-refractivity contribution in [2.24, 2.45) is 0 Å². The van der Waals surface area contributed by atoms with Crippen LogP contribution in [0, 0.1) is 5.82 Å². The molecular weight excluding hydrogens is 367 g/mol. The van der Waals surface area contributed by atoms with Crippen LogP contribution in [0.2, 0.25) is 0 Å². The maximum atomic E-state index is 13.0. The van der Waals surface area contributed by atoms with Gasteiger partial charge in [0.1, 0.15) is 5.82 Å². The van der Waals surface area contributed by atoms with Crippen molar-refractivity contribution in [1.82, 2.24) is 29.9 Å². The summed E-state index contributed by atoms with van der Waals surface area (Å²) in [6, 6.07) is 9.77. The molecule has 0 unspecified atom stereocenters. The van der Waals surface area contributed by atoms with Gasteiger partial charge in [0.05, 0.1) is 5.75 Å². The number of hydrogen-bond acceptors (Lipinski definition) is 7. The molecule has 0 saturated heterocycles. The van der Waals surface area contributed by atoms with Crippen LogP contribution >= 0.6 is 11.8 Å². The summed E-state index contributed by atoms with van der Waals surface area (Å²) in [4.78, 5) is 8.39. The SMILES string of the molecule is CCn1c(SCc2nc(-c3ccc(F)cc3)no2)nnc1-c1ccncc1. The Morgan fingerprint density at radius 3 is 2.56 bits per heavy atom. The van der Waals surface area contributed by atoms with Crippen LogP contribution < -0.4 is 0 Å². The quantitative estimate of drug-likeness (QED) is 0.469. The summed E-state index contributed by atoms with van der Waals surface area (Å²) in [5, 5.41) is 13.3. The maximum Gasteiger partial charge on any atom is 0.237 e. The zero-order valence-electron chi connectivity index (χ0n) is 14.4.